The van der Waals surface area contributed by atoms with Crippen LogP contribution in [0, 0.1) is 17.6 Å². The molecule has 2 fully saturated rings. The van der Waals surface area contributed by atoms with Crippen molar-refractivity contribution < 1.29 is 18.3 Å². The Morgan fingerprint density at radius 1 is 1.26 bits per heavy atom. The van der Waals surface area contributed by atoms with Gasteiger partial charge in [0.05, 0.1) is 18.8 Å². The monoisotopic (exact) mass is 346 g/mol. The van der Waals surface area contributed by atoms with Gasteiger partial charge in [0.2, 0.25) is 5.91 Å². The smallest absolute Gasteiger partial charge is 0.241 e. The van der Waals surface area contributed by atoms with Gasteiger partial charge in [-0.25, -0.2) is 8.78 Å². The molecule has 2 N–H and O–H groups in total. The van der Waals surface area contributed by atoms with E-state index in [0.717, 1.165) is 31.4 Å². The molecule has 1 saturated heterocycles. The number of ether oxygens (including phenoxy) is 1. The van der Waals surface area contributed by atoms with Gasteiger partial charge in [-0.05, 0) is 25.2 Å². The summed E-state index contributed by atoms with van der Waals surface area (Å²) in [4.78, 5) is 12.3. The molecule has 1 aliphatic carbocycles. The highest BCUT2D eigenvalue weighted by Crippen LogP contribution is 2.33. The van der Waals surface area contributed by atoms with Crippen molar-refractivity contribution >= 4 is 24.0 Å². The minimum atomic E-state index is -0.706. The summed E-state index contributed by atoms with van der Waals surface area (Å²) in [6, 6.07) is 1.93. The van der Waals surface area contributed by atoms with E-state index < -0.39 is 11.6 Å². The van der Waals surface area contributed by atoms with E-state index in [1.807, 2.05) is 0 Å². The van der Waals surface area contributed by atoms with Crippen molar-refractivity contribution in [3.63, 3.8) is 0 Å². The van der Waals surface area contributed by atoms with E-state index in [1.54, 1.807) is 0 Å². The van der Waals surface area contributed by atoms with Crippen molar-refractivity contribution in [2.24, 2.45) is 5.92 Å². The zero-order chi connectivity index (χ0) is 15.7. The van der Waals surface area contributed by atoms with Crippen LogP contribution < -0.4 is 15.4 Å². The lowest BCUT2D eigenvalue weighted by Crippen LogP contribution is -2.40. The van der Waals surface area contributed by atoms with Gasteiger partial charge in [-0.15, -0.1) is 12.4 Å². The predicted octanol–water partition coefficient (Wildman–Crippen LogP) is 3.25. The van der Waals surface area contributed by atoms with Crippen LogP contribution in [0.15, 0.2) is 12.1 Å². The van der Waals surface area contributed by atoms with Gasteiger partial charge < -0.3 is 15.4 Å². The zero-order valence-corrected chi connectivity index (χ0v) is 13.7. The van der Waals surface area contributed by atoms with Crippen LogP contribution in [-0.2, 0) is 4.79 Å². The van der Waals surface area contributed by atoms with Gasteiger partial charge in [0.15, 0.2) is 17.4 Å². The van der Waals surface area contributed by atoms with Gasteiger partial charge in [0, 0.05) is 18.2 Å². The van der Waals surface area contributed by atoms with E-state index in [1.165, 1.54) is 20.0 Å². The molecule has 1 aliphatic heterocycles. The molecular formula is C16H21ClF2N2O2. The first-order valence-corrected chi connectivity index (χ1v) is 7.68. The molecule has 1 aromatic carbocycles. The van der Waals surface area contributed by atoms with Crippen LogP contribution in [0.25, 0.3) is 0 Å². The van der Waals surface area contributed by atoms with Crippen LogP contribution in [0.1, 0.15) is 32.1 Å². The summed E-state index contributed by atoms with van der Waals surface area (Å²) in [5.41, 5.74) is -0.153. The van der Waals surface area contributed by atoms with Crippen LogP contribution in [0.5, 0.6) is 5.75 Å². The molecule has 1 saturated carbocycles. The summed E-state index contributed by atoms with van der Waals surface area (Å²) >= 11 is 0. The molecule has 23 heavy (non-hydrogen) atoms. The first-order valence-electron chi connectivity index (χ1n) is 7.68. The number of hydrogen-bond donors (Lipinski definition) is 2. The number of carbonyl (C=O) groups is 1. The molecule has 0 aromatic heterocycles. The van der Waals surface area contributed by atoms with Crippen LogP contribution in [0.3, 0.4) is 0 Å². The standard InChI is InChI=1S/C16H20F2N2O2.ClH/c1-22-15-8-10(17)13(7-11(15)18)20-16(21)14-6-9-4-2-3-5-12(9)19-14;/h7-9,12,14,19H,2-6H2,1H3,(H,20,21);1H. The normalized spacial score (nSPS) is 26.1. The Morgan fingerprint density at radius 3 is 2.70 bits per heavy atom. The van der Waals surface area contributed by atoms with Gasteiger partial charge >= 0.3 is 0 Å². The Morgan fingerprint density at radius 2 is 2.00 bits per heavy atom. The van der Waals surface area contributed by atoms with Gasteiger partial charge in [0.25, 0.3) is 0 Å². The second-order valence-electron chi connectivity index (χ2n) is 6.06. The summed E-state index contributed by atoms with van der Waals surface area (Å²) in [5.74, 6) is -1.38. The maximum absolute atomic E-state index is 13.9. The fraction of sp³-hybridized carbons (Fsp3) is 0.562. The summed E-state index contributed by atoms with van der Waals surface area (Å²) < 4.78 is 32.2. The first-order chi connectivity index (χ1) is 10.6. The third-order valence-electron chi connectivity index (χ3n) is 4.68. The van der Waals surface area contributed by atoms with Crippen molar-refractivity contribution in [3.05, 3.63) is 23.8 Å². The van der Waals surface area contributed by atoms with Crippen molar-refractivity contribution in [1.29, 1.82) is 0 Å². The molecule has 1 amide bonds. The highest BCUT2D eigenvalue weighted by Gasteiger charge is 2.38. The maximum Gasteiger partial charge on any atom is 0.241 e. The molecule has 1 aromatic rings. The van der Waals surface area contributed by atoms with E-state index in [2.05, 4.69) is 10.6 Å². The lowest BCUT2D eigenvalue weighted by molar-refractivity contribution is -0.117. The van der Waals surface area contributed by atoms with Crippen molar-refractivity contribution in [2.45, 2.75) is 44.2 Å². The van der Waals surface area contributed by atoms with E-state index in [-0.39, 0.29) is 35.8 Å². The molecule has 3 atom stereocenters. The molecule has 7 heteroatoms. The summed E-state index contributed by atoms with van der Waals surface area (Å²) in [6.45, 7) is 0. The third-order valence-corrected chi connectivity index (χ3v) is 4.68. The molecule has 128 valence electrons. The minimum absolute atomic E-state index is 0. The fourth-order valence-corrected chi connectivity index (χ4v) is 3.52. The third kappa shape index (κ3) is 3.75. The largest absolute Gasteiger partial charge is 0.494 e. The Bertz CT molecular complexity index is 571. The zero-order valence-electron chi connectivity index (χ0n) is 12.9. The number of anilines is 1. The lowest BCUT2D eigenvalue weighted by atomic mass is 9.85. The topological polar surface area (TPSA) is 50.4 Å². The van der Waals surface area contributed by atoms with Crippen molar-refractivity contribution in [2.75, 3.05) is 12.4 Å². The van der Waals surface area contributed by atoms with Crippen LogP contribution in [0.4, 0.5) is 14.5 Å². The Hall–Kier alpha value is -1.40. The molecule has 0 bridgehead atoms. The Kier molecular flexibility index (Phi) is 5.81. The quantitative estimate of drug-likeness (QED) is 0.883. The predicted molar refractivity (Wildman–Crippen MR) is 86.1 cm³/mol. The Labute approximate surface area is 140 Å². The van der Waals surface area contributed by atoms with E-state index in [4.69, 9.17) is 4.74 Å². The number of hydrogen-bond acceptors (Lipinski definition) is 3. The van der Waals surface area contributed by atoms with Crippen molar-refractivity contribution in [3.8, 4) is 5.75 Å². The van der Waals surface area contributed by atoms with Crippen LogP contribution in [-0.4, -0.2) is 25.1 Å². The number of fused-ring (bicyclic) bond motifs is 1. The molecule has 1 heterocycles. The number of rotatable bonds is 3. The summed E-state index contributed by atoms with van der Waals surface area (Å²) in [6.07, 6.45) is 5.36. The summed E-state index contributed by atoms with van der Waals surface area (Å²) in [7, 11) is 1.26. The number of amides is 1. The molecular weight excluding hydrogens is 326 g/mol. The van der Waals surface area contributed by atoms with Gasteiger partial charge in [-0.1, -0.05) is 12.8 Å². The molecule has 2 aliphatic rings. The van der Waals surface area contributed by atoms with Gasteiger partial charge in [-0.3, -0.25) is 4.79 Å². The second kappa shape index (κ2) is 7.45. The fourth-order valence-electron chi connectivity index (χ4n) is 3.52. The minimum Gasteiger partial charge on any atom is -0.494 e. The molecule has 0 radical (unpaired) electrons. The number of carbonyl (C=O) groups excluding carboxylic acids is 1. The summed E-state index contributed by atoms with van der Waals surface area (Å²) in [5, 5.41) is 5.80. The second-order valence-corrected chi connectivity index (χ2v) is 6.06. The molecule has 0 spiro atoms. The highest BCUT2D eigenvalue weighted by molar-refractivity contribution is 5.95. The van der Waals surface area contributed by atoms with E-state index in [9.17, 15) is 13.6 Å². The van der Waals surface area contributed by atoms with Crippen LogP contribution >= 0.6 is 12.4 Å². The molecule has 3 unspecified atom stereocenters. The molecule has 4 nitrogen and oxygen atoms in total. The van der Waals surface area contributed by atoms with Crippen molar-refractivity contribution in [1.82, 2.24) is 5.32 Å². The van der Waals surface area contributed by atoms with E-state index >= 15 is 0 Å². The number of halogens is 3. The van der Waals surface area contributed by atoms with Crippen LogP contribution in [0.2, 0.25) is 0 Å². The van der Waals surface area contributed by atoms with E-state index in [0.29, 0.717) is 12.0 Å². The maximum atomic E-state index is 13.9. The lowest BCUT2D eigenvalue weighted by Gasteiger charge is -2.24. The molecule has 3 rings (SSSR count). The Balaban J connectivity index is 0.00000192. The number of methoxy groups -OCH3 is 1. The highest BCUT2D eigenvalue weighted by atomic mass is 35.5. The average molecular weight is 347 g/mol. The SMILES string of the molecule is COc1cc(F)c(NC(=O)C2CC3CCCCC3N2)cc1F.Cl. The first kappa shape index (κ1) is 17.9. The van der Waals surface area contributed by atoms with Gasteiger partial charge in [0.1, 0.15) is 0 Å². The van der Waals surface area contributed by atoms with Gasteiger partial charge in [-0.2, -0.15) is 0 Å². The number of nitrogens with one attached hydrogen (secondary N) is 2. The average Bonchev–Trinajstić information content (AvgIpc) is 2.94. The number of benzene rings is 1.